The molecule has 0 aliphatic rings. The molecule has 0 unspecified atom stereocenters. The molecule has 0 aliphatic heterocycles. The lowest BCUT2D eigenvalue weighted by Gasteiger charge is -2.07. The van der Waals surface area contributed by atoms with Crippen LogP contribution in [0, 0.1) is 0 Å². The number of amides is 1. The maximum absolute atomic E-state index is 12.1. The number of H-pyrrole nitrogens is 1. The van der Waals surface area contributed by atoms with E-state index in [1.54, 1.807) is 0 Å². The van der Waals surface area contributed by atoms with Gasteiger partial charge in [0.2, 0.25) is 5.91 Å². The summed E-state index contributed by atoms with van der Waals surface area (Å²) in [5.74, 6) is -0.0698. The number of aromatic nitrogens is 1. The van der Waals surface area contributed by atoms with Crippen molar-refractivity contribution in [2.24, 2.45) is 0 Å². The Morgan fingerprint density at radius 2 is 1.80 bits per heavy atom. The van der Waals surface area contributed by atoms with Crippen LogP contribution in [0.15, 0.2) is 59.4 Å². The summed E-state index contributed by atoms with van der Waals surface area (Å²) in [5.41, 5.74) is 2.22. The SMILES string of the molecule is O=C(CCCc1ccccc1Cl)NCc1cc2ccccc2[nH]c1=O. The summed E-state index contributed by atoms with van der Waals surface area (Å²) in [4.78, 5) is 26.9. The van der Waals surface area contributed by atoms with Gasteiger partial charge >= 0.3 is 0 Å². The summed E-state index contributed by atoms with van der Waals surface area (Å²) < 4.78 is 0. The van der Waals surface area contributed by atoms with Gasteiger partial charge in [0.25, 0.3) is 5.56 Å². The fourth-order valence-electron chi connectivity index (χ4n) is 2.75. The monoisotopic (exact) mass is 354 g/mol. The number of nitrogens with one attached hydrogen (secondary N) is 2. The highest BCUT2D eigenvalue weighted by atomic mass is 35.5. The van der Waals surface area contributed by atoms with Crippen LogP contribution in [0.25, 0.3) is 10.9 Å². The molecule has 25 heavy (non-hydrogen) atoms. The van der Waals surface area contributed by atoms with Crippen molar-refractivity contribution in [2.75, 3.05) is 0 Å². The lowest BCUT2D eigenvalue weighted by molar-refractivity contribution is -0.121. The molecule has 0 fully saturated rings. The molecule has 128 valence electrons. The van der Waals surface area contributed by atoms with E-state index in [4.69, 9.17) is 11.6 Å². The Bertz CT molecular complexity index is 950. The first-order valence-electron chi connectivity index (χ1n) is 8.24. The molecule has 0 saturated carbocycles. The molecule has 0 aliphatic carbocycles. The van der Waals surface area contributed by atoms with Gasteiger partial charge in [0.15, 0.2) is 0 Å². The van der Waals surface area contributed by atoms with Crippen LogP contribution in [0.5, 0.6) is 0 Å². The second kappa shape index (κ2) is 7.99. The first-order valence-corrected chi connectivity index (χ1v) is 8.62. The number of pyridine rings is 1. The highest BCUT2D eigenvalue weighted by molar-refractivity contribution is 6.31. The topological polar surface area (TPSA) is 62.0 Å². The summed E-state index contributed by atoms with van der Waals surface area (Å²) in [5, 5.41) is 4.49. The fourth-order valence-corrected chi connectivity index (χ4v) is 2.98. The van der Waals surface area contributed by atoms with Crippen molar-refractivity contribution in [1.29, 1.82) is 0 Å². The van der Waals surface area contributed by atoms with Crippen molar-refractivity contribution in [1.82, 2.24) is 10.3 Å². The van der Waals surface area contributed by atoms with Crippen molar-refractivity contribution in [2.45, 2.75) is 25.8 Å². The summed E-state index contributed by atoms with van der Waals surface area (Å²) in [6.45, 7) is 0.227. The predicted octanol–water partition coefficient (Wildman–Crippen LogP) is 3.82. The van der Waals surface area contributed by atoms with Crippen LogP contribution in [0.3, 0.4) is 0 Å². The number of rotatable bonds is 6. The second-order valence-electron chi connectivity index (χ2n) is 5.93. The standard InChI is InChI=1S/C20H19ClN2O2/c21-17-9-3-1-6-14(17)8-5-11-19(24)22-13-16-12-15-7-2-4-10-18(15)23-20(16)25/h1-4,6-7,9-10,12H,5,8,11,13H2,(H,22,24)(H,23,25). The quantitative estimate of drug-likeness (QED) is 0.706. The molecule has 3 aromatic rings. The van der Waals surface area contributed by atoms with Crippen LogP contribution >= 0.6 is 11.6 Å². The average molecular weight is 355 g/mol. The van der Waals surface area contributed by atoms with E-state index < -0.39 is 0 Å². The average Bonchev–Trinajstić information content (AvgIpc) is 2.61. The van der Waals surface area contributed by atoms with Gasteiger partial charge in [-0.2, -0.15) is 0 Å². The molecule has 2 N–H and O–H groups in total. The minimum atomic E-state index is -0.171. The van der Waals surface area contributed by atoms with Gasteiger partial charge in [0.05, 0.1) is 0 Å². The minimum Gasteiger partial charge on any atom is -0.352 e. The Hall–Kier alpha value is -2.59. The van der Waals surface area contributed by atoms with Crippen LogP contribution in [-0.2, 0) is 17.8 Å². The van der Waals surface area contributed by atoms with E-state index in [0.29, 0.717) is 18.4 Å². The van der Waals surface area contributed by atoms with E-state index in [1.165, 1.54) is 0 Å². The summed E-state index contributed by atoms with van der Waals surface area (Å²) in [6.07, 6.45) is 1.87. The molecule has 0 spiro atoms. The number of hydrogen-bond acceptors (Lipinski definition) is 2. The van der Waals surface area contributed by atoms with E-state index >= 15 is 0 Å². The molecule has 0 radical (unpaired) electrons. The zero-order chi connectivity index (χ0) is 17.6. The first kappa shape index (κ1) is 17.2. The van der Waals surface area contributed by atoms with Gasteiger partial charge < -0.3 is 10.3 Å². The Morgan fingerprint density at radius 1 is 1.04 bits per heavy atom. The van der Waals surface area contributed by atoms with E-state index in [2.05, 4.69) is 10.3 Å². The number of halogens is 1. The lowest BCUT2D eigenvalue weighted by atomic mass is 10.1. The maximum Gasteiger partial charge on any atom is 0.253 e. The number of aryl methyl sites for hydroxylation is 1. The van der Waals surface area contributed by atoms with Crippen molar-refractivity contribution in [3.63, 3.8) is 0 Å². The van der Waals surface area contributed by atoms with Gasteiger partial charge in [0, 0.05) is 29.1 Å². The number of fused-ring (bicyclic) bond motifs is 1. The number of carbonyl (C=O) groups excluding carboxylic acids is 1. The molecule has 0 bridgehead atoms. The van der Waals surface area contributed by atoms with Crippen molar-refractivity contribution < 1.29 is 4.79 Å². The molecule has 2 aromatic carbocycles. The Kier molecular flexibility index (Phi) is 5.51. The molecule has 0 saturated heterocycles. The van der Waals surface area contributed by atoms with Crippen LogP contribution < -0.4 is 10.9 Å². The number of aromatic amines is 1. The Balaban J connectivity index is 1.53. The van der Waals surface area contributed by atoms with Gasteiger partial charge in [0.1, 0.15) is 0 Å². The van der Waals surface area contributed by atoms with Crippen LogP contribution in [0.4, 0.5) is 0 Å². The third kappa shape index (κ3) is 4.48. The third-order valence-corrected chi connectivity index (χ3v) is 4.48. The number of carbonyl (C=O) groups is 1. The molecule has 0 atom stereocenters. The van der Waals surface area contributed by atoms with Crippen LogP contribution in [-0.4, -0.2) is 10.9 Å². The zero-order valence-corrected chi connectivity index (χ0v) is 14.5. The number of hydrogen-bond donors (Lipinski definition) is 2. The molecule has 5 heteroatoms. The van der Waals surface area contributed by atoms with Gasteiger partial charge in [-0.25, -0.2) is 0 Å². The van der Waals surface area contributed by atoms with Gasteiger partial charge in [-0.3, -0.25) is 9.59 Å². The molecule has 1 amide bonds. The summed E-state index contributed by atoms with van der Waals surface area (Å²) in [7, 11) is 0. The van der Waals surface area contributed by atoms with Crippen molar-refractivity contribution in [3.05, 3.63) is 81.1 Å². The highest BCUT2D eigenvalue weighted by Crippen LogP contribution is 2.17. The summed E-state index contributed by atoms with van der Waals surface area (Å²) >= 11 is 6.11. The summed E-state index contributed by atoms with van der Waals surface area (Å²) in [6, 6.07) is 17.0. The largest absolute Gasteiger partial charge is 0.352 e. The van der Waals surface area contributed by atoms with Gasteiger partial charge in [-0.15, -0.1) is 0 Å². The molecule has 1 heterocycles. The van der Waals surface area contributed by atoms with E-state index in [1.807, 2.05) is 54.6 Å². The number of benzene rings is 2. The lowest BCUT2D eigenvalue weighted by Crippen LogP contribution is -2.26. The molecular formula is C20H19ClN2O2. The molecule has 4 nitrogen and oxygen atoms in total. The predicted molar refractivity (Wildman–Crippen MR) is 101 cm³/mol. The second-order valence-corrected chi connectivity index (χ2v) is 6.34. The van der Waals surface area contributed by atoms with E-state index in [9.17, 15) is 9.59 Å². The van der Waals surface area contributed by atoms with Crippen molar-refractivity contribution in [3.8, 4) is 0 Å². The first-order chi connectivity index (χ1) is 12.1. The van der Waals surface area contributed by atoms with Gasteiger partial charge in [-0.05, 0) is 42.0 Å². The Morgan fingerprint density at radius 3 is 2.64 bits per heavy atom. The van der Waals surface area contributed by atoms with Crippen LogP contribution in [0.2, 0.25) is 5.02 Å². The minimum absolute atomic E-state index is 0.0698. The maximum atomic E-state index is 12.1. The van der Waals surface area contributed by atoms with Gasteiger partial charge in [-0.1, -0.05) is 48.0 Å². The smallest absolute Gasteiger partial charge is 0.253 e. The van der Waals surface area contributed by atoms with E-state index in [0.717, 1.165) is 27.9 Å². The molecular weight excluding hydrogens is 336 g/mol. The van der Waals surface area contributed by atoms with E-state index in [-0.39, 0.29) is 18.0 Å². The normalized spacial score (nSPS) is 10.8. The number of para-hydroxylation sites is 1. The molecule has 1 aromatic heterocycles. The van der Waals surface area contributed by atoms with Crippen molar-refractivity contribution >= 4 is 28.4 Å². The molecule has 3 rings (SSSR count). The third-order valence-electron chi connectivity index (χ3n) is 4.11. The van der Waals surface area contributed by atoms with Crippen LogP contribution in [0.1, 0.15) is 24.0 Å². The highest BCUT2D eigenvalue weighted by Gasteiger charge is 2.06. The Labute approximate surface area is 150 Å². The fraction of sp³-hybridized carbons (Fsp3) is 0.200. The zero-order valence-electron chi connectivity index (χ0n) is 13.7.